The van der Waals surface area contributed by atoms with Crippen LogP contribution in [0.2, 0.25) is 0 Å². The highest BCUT2D eigenvalue weighted by Gasteiger charge is 2.24. The Bertz CT molecular complexity index is 823. The van der Waals surface area contributed by atoms with Crippen LogP contribution in [0.25, 0.3) is 0 Å². The van der Waals surface area contributed by atoms with E-state index in [0.29, 0.717) is 5.11 Å². The van der Waals surface area contributed by atoms with E-state index >= 15 is 0 Å². The standard InChI is InChI=1S/C19H20N4O2S/c24-18(25)13-10-11-20-17(12-13)15-8-4-5-9-16(15)22-23-19(26)21-14-6-2-1-3-7-14/h1-3,6-7,10-12,15H,4-5,8-9H2,(H,24,25)(H2,21,23,26)/b22-16+. The Morgan fingerprint density at radius 1 is 1.23 bits per heavy atom. The van der Waals surface area contributed by atoms with Crippen LogP contribution in [0.3, 0.4) is 0 Å². The highest BCUT2D eigenvalue weighted by Crippen LogP contribution is 2.30. The number of para-hydroxylation sites is 1. The molecule has 134 valence electrons. The number of aromatic nitrogens is 1. The van der Waals surface area contributed by atoms with Crippen LogP contribution >= 0.6 is 12.2 Å². The molecule has 1 aliphatic rings. The molecule has 0 bridgehead atoms. The Morgan fingerprint density at radius 3 is 2.81 bits per heavy atom. The van der Waals surface area contributed by atoms with Gasteiger partial charge >= 0.3 is 5.97 Å². The van der Waals surface area contributed by atoms with E-state index in [0.717, 1.165) is 42.8 Å². The zero-order chi connectivity index (χ0) is 18.4. The van der Waals surface area contributed by atoms with E-state index < -0.39 is 5.97 Å². The van der Waals surface area contributed by atoms with Crippen LogP contribution in [0.1, 0.15) is 47.7 Å². The van der Waals surface area contributed by atoms with Gasteiger partial charge in [-0.05, 0) is 55.7 Å². The minimum atomic E-state index is -0.950. The molecule has 0 aliphatic heterocycles. The number of hydrogen-bond donors (Lipinski definition) is 3. The second-order valence-electron chi connectivity index (χ2n) is 6.11. The van der Waals surface area contributed by atoms with Crippen molar-refractivity contribution in [3.05, 3.63) is 59.9 Å². The summed E-state index contributed by atoms with van der Waals surface area (Å²) in [5.41, 5.74) is 5.73. The minimum Gasteiger partial charge on any atom is -0.478 e. The summed E-state index contributed by atoms with van der Waals surface area (Å²) in [4.78, 5) is 15.6. The quantitative estimate of drug-likeness (QED) is 0.562. The number of anilines is 1. The Labute approximate surface area is 157 Å². The first kappa shape index (κ1) is 18.0. The second kappa shape index (κ2) is 8.53. The number of carboxylic acids is 1. The molecule has 1 aromatic carbocycles. The molecule has 6 nitrogen and oxygen atoms in total. The van der Waals surface area contributed by atoms with Crippen molar-refractivity contribution in [1.82, 2.24) is 10.4 Å². The van der Waals surface area contributed by atoms with Crippen LogP contribution in [0.4, 0.5) is 5.69 Å². The molecule has 0 amide bonds. The number of nitrogens with one attached hydrogen (secondary N) is 2. The molecule has 2 aromatic rings. The first-order valence-electron chi connectivity index (χ1n) is 8.51. The summed E-state index contributed by atoms with van der Waals surface area (Å²) in [5, 5.41) is 17.2. The predicted octanol–water partition coefficient (Wildman–Crippen LogP) is 3.78. The smallest absolute Gasteiger partial charge is 0.335 e. The van der Waals surface area contributed by atoms with E-state index in [1.54, 1.807) is 12.3 Å². The lowest BCUT2D eigenvalue weighted by Gasteiger charge is -2.24. The number of aromatic carboxylic acids is 1. The molecule has 1 heterocycles. The maximum Gasteiger partial charge on any atom is 0.335 e. The van der Waals surface area contributed by atoms with Crippen molar-refractivity contribution in [3.63, 3.8) is 0 Å². The van der Waals surface area contributed by atoms with Crippen LogP contribution in [0, 0.1) is 0 Å². The fourth-order valence-electron chi connectivity index (χ4n) is 3.02. The molecule has 7 heteroatoms. The van der Waals surface area contributed by atoms with Gasteiger partial charge in [0.2, 0.25) is 0 Å². The molecule has 0 spiro atoms. The van der Waals surface area contributed by atoms with Crippen LogP contribution in [-0.4, -0.2) is 26.9 Å². The van der Waals surface area contributed by atoms with Crippen molar-refractivity contribution in [1.29, 1.82) is 0 Å². The molecule has 1 aromatic heterocycles. The van der Waals surface area contributed by atoms with Gasteiger partial charge in [0.25, 0.3) is 0 Å². The lowest BCUT2D eigenvalue weighted by Crippen LogP contribution is -2.28. The molecule has 1 atom stereocenters. The van der Waals surface area contributed by atoms with Gasteiger partial charge in [0.05, 0.1) is 5.56 Å². The van der Waals surface area contributed by atoms with Gasteiger partial charge in [0.15, 0.2) is 5.11 Å². The first-order chi connectivity index (χ1) is 12.6. The van der Waals surface area contributed by atoms with E-state index in [2.05, 4.69) is 20.8 Å². The molecule has 26 heavy (non-hydrogen) atoms. The number of carboxylic acid groups (broad SMARTS) is 1. The Kier molecular flexibility index (Phi) is 5.91. The molecule has 3 rings (SSSR count). The molecule has 1 unspecified atom stereocenters. The molecule has 3 N–H and O–H groups in total. The van der Waals surface area contributed by atoms with Gasteiger partial charge in [-0.3, -0.25) is 10.4 Å². The second-order valence-corrected chi connectivity index (χ2v) is 6.52. The normalized spacial score (nSPS) is 18.3. The molecule has 1 fully saturated rings. The van der Waals surface area contributed by atoms with Crippen molar-refractivity contribution in [2.45, 2.75) is 31.6 Å². The first-order valence-corrected chi connectivity index (χ1v) is 8.92. The lowest BCUT2D eigenvalue weighted by atomic mass is 9.84. The third-order valence-corrected chi connectivity index (χ3v) is 4.49. The van der Waals surface area contributed by atoms with Gasteiger partial charge < -0.3 is 10.4 Å². The zero-order valence-electron chi connectivity index (χ0n) is 14.2. The Balaban J connectivity index is 1.72. The van der Waals surface area contributed by atoms with Crippen molar-refractivity contribution in [3.8, 4) is 0 Å². The molecule has 1 aliphatic carbocycles. The summed E-state index contributed by atoms with van der Waals surface area (Å²) in [7, 11) is 0. The topological polar surface area (TPSA) is 86.6 Å². The number of nitrogens with zero attached hydrogens (tertiary/aromatic N) is 2. The lowest BCUT2D eigenvalue weighted by molar-refractivity contribution is 0.0696. The van der Waals surface area contributed by atoms with E-state index in [1.165, 1.54) is 6.07 Å². The van der Waals surface area contributed by atoms with Crippen molar-refractivity contribution in [2.24, 2.45) is 5.10 Å². The summed E-state index contributed by atoms with van der Waals surface area (Å²) in [6.07, 6.45) is 5.39. The number of benzene rings is 1. The number of hydrazone groups is 1. The molecule has 0 radical (unpaired) electrons. The summed E-state index contributed by atoms with van der Waals surface area (Å²) in [5.74, 6) is -0.940. The number of thiocarbonyl (C=S) groups is 1. The third-order valence-electron chi connectivity index (χ3n) is 4.30. The van der Waals surface area contributed by atoms with Crippen molar-refractivity contribution < 1.29 is 9.90 Å². The number of hydrogen-bond acceptors (Lipinski definition) is 4. The summed E-state index contributed by atoms with van der Waals surface area (Å²) < 4.78 is 0. The third kappa shape index (κ3) is 4.64. The fourth-order valence-corrected chi connectivity index (χ4v) is 3.19. The average molecular weight is 368 g/mol. The van der Waals surface area contributed by atoms with Crippen molar-refractivity contribution in [2.75, 3.05) is 5.32 Å². The monoisotopic (exact) mass is 368 g/mol. The fraction of sp³-hybridized carbons (Fsp3) is 0.263. The van der Waals surface area contributed by atoms with E-state index in [-0.39, 0.29) is 11.5 Å². The SMILES string of the molecule is O=C(O)c1ccnc(C2CCCC/C2=N\NC(=S)Nc2ccccc2)c1. The van der Waals surface area contributed by atoms with Gasteiger partial charge in [-0.15, -0.1) is 0 Å². The Morgan fingerprint density at radius 2 is 2.04 bits per heavy atom. The molecule has 0 saturated heterocycles. The van der Waals surface area contributed by atoms with Gasteiger partial charge in [-0.25, -0.2) is 4.79 Å². The average Bonchev–Trinajstić information content (AvgIpc) is 2.67. The Hall–Kier alpha value is -2.80. The van der Waals surface area contributed by atoms with Gasteiger partial charge in [-0.2, -0.15) is 5.10 Å². The van der Waals surface area contributed by atoms with Crippen molar-refractivity contribution >= 4 is 34.7 Å². The predicted molar refractivity (Wildman–Crippen MR) is 106 cm³/mol. The molecule has 1 saturated carbocycles. The van der Waals surface area contributed by atoms with Crippen LogP contribution in [-0.2, 0) is 0 Å². The summed E-state index contributed by atoms with van der Waals surface area (Å²) in [6.45, 7) is 0. The zero-order valence-corrected chi connectivity index (χ0v) is 15.0. The maximum atomic E-state index is 11.2. The maximum absolute atomic E-state index is 11.2. The van der Waals surface area contributed by atoms with E-state index in [1.807, 2.05) is 30.3 Å². The van der Waals surface area contributed by atoms with Crippen LogP contribution < -0.4 is 10.7 Å². The van der Waals surface area contributed by atoms with Gasteiger partial charge in [0, 0.05) is 29.2 Å². The number of pyridine rings is 1. The highest BCUT2D eigenvalue weighted by molar-refractivity contribution is 7.80. The minimum absolute atomic E-state index is 0.00933. The van der Waals surface area contributed by atoms with Gasteiger partial charge in [0.1, 0.15) is 0 Å². The van der Waals surface area contributed by atoms with Crippen LogP contribution in [0.5, 0.6) is 0 Å². The van der Waals surface area contributed by atoms with E-state index in [4.69, 9.17) is 12.2 Å². The van der Waals surface area contributed by atoms with E-state index in [9.17, 15) is 9.90 Å². The molecular weight excluding hydrogens is 348 g/mol. The summed E-state index contributed by atoms with van der Waals surface area (Å²) >= 11 is 5.29. The number of carbonyl (C=O) groups is 1. The largest absolute Gasteiger partial charge is 0.478 e. The highest BCUT2D eigenvalue weighted by atomic mass is 32.1. The number of rotatable bonds is 4. The van der Waals surface area contributed by atoms with Crippen LogP contribution in [0.15, 0.2) is 53.8 Å². The summed E-state index contributed by atoms with van der Waals surface area (Å²) in [6, 6.07) is 12.8. The van der Waals surface area contributed by atoms with Gasteiger partial charge in [-0.1, -0.05) is 24.6 Å². The molecular formula is C19H20N4O2S.